The first kappa shape index (κ1) is 36.5. The molecule has 2 aromatic rings. The molecule has 0 saturated carbocycles. The van der Waals surface area contributed by atoms with Crippen molar-refractivity contribution in [3.63, 3.8) is 0 Å². The molecule has 0 spiro atoms. The summed E-state index contributed by atoms with van der Waals surface area (Å²) in [6.45, 7) is 3.68. The summed E-state index contributed by atoms with van der Waals surface area (Å²) in [4.78, 5) is 32.3. The highest BCUT2D eigenvalue weighted by Crippen LogP contribution is 2.28. The molecule has 0 fully saturated rings. The Morgan fingerprint density at radius 2 is 1.20 bits per heavy atom. The second kappa shape index (κ2) is 15.8. The largest absolute Gasteiger partial charge is 0.444 e. The van der Waals surface area contributed by atoms with Gasteiger partial charge in [0.1, 0.15) is 5.60 Å². The molecule has 0 saturated heterocycles. The van der Waals surface area contributed by atoms with Gasteiger partial charge in [-0.05, 0) is 52.2 Å². The number of benzene rings is 2. The molecule has 16 nitrogen and oxygen atoms in total. The number of carbonyl (C=O) groups excluding carboxylic acids is 1. The molecule has 0 radical (unpaired) electrons. The fourth-order valence-corrected chi connectivity index (χ4v) is 7.41. The van der Waals surface area contributed by atoms with Crippen LogP contribution in [-0.4, -0.2) is 91.4 Å². The predicted molar refractivity (Wildman–Crippen MR) is 159 cm³/mol. The van der Waals surface area contributed by atoms with Crippen LogP contribution in [0.3, 0.4) is 0 Å². The maximum atomic E-state index is 13.6. The summed E-state index contributed by atoms with van der Waals surface area (Å²) in [5.41, 5.74) is -2.04. The van der Waals surface area contributed by atoms with Crippen LogP contribution in [0.1, 0.15) is 40.0 Å². The van der Waals surface area contributed by atoms with E-state index < -0.39 is 62.8 Å². The summed E-state index contributed by atoms with van der Waals surface area (Å²) in [5, 5.41) is 34.9. The molecule has 244 valence electrons. The molecule has 0 atom stereocenters. The van der Waals surface area contributed by atoms with E-state index in [2.05, 4.69) is 5.32 Å². The smallest absolute Gasteiger partial charge is 0.407 e. The number of aliphatic hydroxyl groups excluding tert-OH is 1. The summed E-state index contributed by atoms with van der Waals surface area (Å²) in [6.07, 6.45) is -0.730. The summed E-state index contributed by atoms with van der Waals surface area (Å²) in [7, 11) is -8.91. The zero-order valence-electron chi connectivity index (χ0n) is 24.6. The average molecular weight is 660 g/mol. The minimum atomic E-state index is -4.48. The van der Waals surface area contributed by atoms with Crippen LogP contribution in [0.4, 0.5) is 16.2 Å². The Morgan fingerprint density at radius 1 is 0.795 bits per heavy atom. The van der Waals surface area contributed by atoms with Gasteiger partial charge in [0, 0.05) is 51.5 Å². The standard InChI is InChI=1S/C26H37N5O11S2/c1-26(2,3)42-25(33)27-15-8-16-28(43(38,39)23-13-6-4-11-21(23)30(34)35)17-9-18-29(19-10-20-32)44(40,41)24-14-7-5-12-22(24)31(36)37/h4-7,11-14,32H,8-10,15-20H2,1-3H3,(H,27,33). The van der Waals surface area contributed by atoms with Gasteiger partial charge in [-0.3, -0.25) is 20.2 Å². The van der Waals surface area contributed by atoms with Crippen LogP contribution < -0.4 is 5.32 Å². The first-order valence-corrected chi connectivity index (χ1v) is 16.4. The summed E-state index contributed by atoms with van der Waals surface area (Å²) in [5.74, 6) is 0. The van der Waals surface area contributed by atoms with E-state index in [-0.39, 0.29) is 58.6 Å². The van der Waals surface area contributed by atoms with Gasteiger partial charge >= 0.3 is 6.09 Å². The van der Waals surface area contributed by atoms with Crippen LogP contribution in [0, 0.1) is 20.2 Å². The minimum absolute atomic E-state index is 0.00644. The minimum Gasteiger partial charge on any atom is -0.444 e. The van der Waals surface area contributed by atoms with Gasteiger partial charge in [0.2, 0.25) is 20.0 Å². The van der Waals surface area contributed by atoms with Crippen molar-refractivity contribution in [2.24, 2.45) is 0 Å². The van der Waals surface area contributed by atoms with Gasteiger partial charge in [0.05, 0.1) is 9.85 Å². The normalized spacial score (nSPS) is 12.3. The Kier molecular flexibility index (Phi) is 13.1. The highest BCUT2D eigenvalue weighted by Gasteiger charge is 2.33. The van der Waals surface area contributed by atoms with E-state index >= 15 is 0 Å². The summed E-state index contributed by atoms with van der Waals surface area (Å²) < 4.78 is 61.2. The Balaban J connectivity index is 2.32. The lowest BCUT2D eigenvalue weighted by atomic mass is 10.2. The lowest BCUT2D eigenvalue weighted by molar-refractivity contribution is -0.388. The fraction of sp³-hybridized carbons (Fsp3) is 0.500. The van der Waals surface area contributed by atoms with Crippen molar-refractivity contribution in [2.75, 3.05) is 39.3 Å². The number of alkyl carbamates (subject to hydrolysis) is 1. The van der Waals surface area contributed by atoms with Gasteiger partial charge in [-0.1, -0.05) is 24.3 Å². The van der Waals surface area contributed by atoms with Crippen LogP contribution in [0.25, 0.3) is 0 Å². The number of hydrogen-bond donors (Lipinski definition) is 2. The lowest BCUT2D eigenvalue weighted by Gasteiger charge is -2.25. The van der Waals surface area contributed by atoms with Crippen molar-refractivity contribution >= 4 is 37.5 Å². The van der Waals surface area contributed by atoms with Gasteiger partial charge in [-0.2, -0.15) is 8.61 Å². The molecule has 44 heavy (non-hydrogen) atoms. The molecular formula is C26H37N5O11S2. The number of sulfonamides is 2. The van der Waals surface area contributed by atoms with Crippen LogP contribution >= 0.6 is 0 Å². The molecule has 0 aliphatic carbocycles. The number of nitrogens with zero attached hydrogens (tertiary/aromatic N) is 4. The highest BCUT2D eigenvalue weighted by molar-refractivity contribution is 7.89. The second-order valence-corrected chi connectivity index (χ2v) is 14.3. The number of aliphatic hydroxyl groups is 1. The average Bonchev–Trinajstić information content (AvgIpc) is 2.94. The quantitative estimate of drug-likeness (QED) is 0.143. The second-order valence-electron chi connectivity index (χ2n) is 10.5. The summed E-state index contributed by atoms with van der Waals surface area (Å²) in [6, 6.07) is 9.56. The van der Waals surface area contributed by atoms with Crippen LogP contribution in [-0.2, 0) is 24.8 Å². The van der Waals surface area contributed by atoms with Gasteiger partial charge in [-0.25, -0.2) is 21.6 Å². The summed E-state index contributed by atoms with van der Waals surface area (Å²) >= 11 is 0. The molecule has 0 aliphatic heterocycles. The molecule has 0 heterocycles. The number of nitro groups is 2. The first-order valence-electron chi connectivity index (χ1n) is 13.6. The van der Waals surface area contributed by atoms with Crippen LogP contribution in [0.5, 0.6) is 0 Å². The number of amides is 1. The monoisotopic (exact) mass is 659 g/mol. The molecular weight excluding hydrogens is 622 g/mol. The topological polar surface area (TPSA) is 220 Å². The van der Waals surface area contributed by atoms with Gasteiger partial charge < -0.3 is 15.2 Å². The molecule has 0 unspecified atom stereocenters. The molecule has 2 N–H and O–H groups in total. The van der Waals surface area contributed by atoms with Crippen molar-refractivity contribution in [3.8, 4) is 0 Å². The third-order valence-electron chi connectivity index (χ3n) is 5.99. The number of nitrogens with one attached hydrogen (secondary N) is 1. The van der Waals surface area contributed by atoms with Crippen molar-refractivity contribution in [1.82, 2.24) is 13.9 Å². The maximum Gasteiger partial charge on any atom is 0.407 e. The van der Waals surface area contributed by atoms with Crippen molar-refractivity contribution in [1.29, 1.82) is 0 Å². The maximum absolute atomic E-state index is 13.6. The zero-order chi connectivity index (χ0) is 33.1. The SMILES string of the molecule is CC(C)(C)OC(=O)NCCCN(CCCN(CCCO)S(=O)(=O)c1ccccc1[N+](=O)[O-])S(=O)(=O)c1ccccc1[N+](=O)[O-]. The van der Waals surface area contributed by atoms with Crippen LogP contribution in [0.15, 0.2) is 58.3 Å². The molecule has 0 aromatic heterocycles. The van der Waals surface area contributed by atoms with E-state index in [0.29, 0.717) is 0 Å². The third kappa shape index (κ3) is 10.2. The Hall–Kier alpha value is -3.71. The molecule has 0 aliphatic rings. The fourth-order valence-electron chi connectivity index (χ4n) is 4.07. The van der Waals surface area contributed by atoms with Gasteiger partial charge in [-0.15, -0.1) is 0 Å². The van der Waals surface area contributed by atoms with E-state index in [9.17, 15) is 47.0 Å². The van der Waals surface area contributed by atoms with E-state index in [1.807, 2.05) is 0 Å². The number of ether oxygens (including phenoxy) is 1. The first-order chi connectivity index (χ1) is 20.5. The van der Waals surface area contributed by atoms with E-state index in [4.69, 9.17) is 4.74 Å². The van der Waals surface area contributed by atoms with E-state index in [1.165, 1.54) is 24.3 Å². The van der Waals surface area contributed by atoms with E-state index in [0.717, 1.165) is 32.9 Å². The number of para-hydroxylation sites is 2. The Morgan fingerprint density at radius 3 is 1.61 bits per heavy atom. The Labute approximate surface area is 256 Å². The van der Waals surface area contributed by atoms with Crippen molar-refractivity contribution < 1.29 is 41.3 Å². The third-order valence-corrected chi connectivity index (χ3v) is 9.88. The lowest BCUT2D eigenvalue weighted by Crippen LogP contribution is -2.39. The number of rotatable bonds is 17. The van der Waals surface area contributed by atoms with Crippen molar-refractivity contribution in [3.05, 3.63) is 68.8 Å². The molecule has 1 amide bonds. The molecule has 0 bridgehead atoms. The molecule has 2 aromatic carbocycles. The Bertz CT molecular complexity index is 1530. The number of nitro benzene ring substituents is 2. The molecule has 18 heteroatoms. The zero-order valence-corrected chi connectivity index (χ0v) is 26.3. The van der Waals surface area contributed by atoms with Gasteiger partial charge in [0.15, 0.2) is 9.79 Å². The predicted octanol–water partition coefficient (Wildman–Crippen LogP) is 2.87. The van der Waals surface area contributed by atoms with Crippen LogP contribution in [0.2, 0.25) is 0 Å². The highest BCUT2D eigenvalue weighted by atomic mass is 32.2. The number of carbonyl (C=O) groups is 1. The number of hydrogen-bond acceptors (Lipinski definition) is 11. The molecule has 2 rings (SSSR count). The van der Waals surface area contributed by atoms with E-state index in [1.54, 1.807) is 20.8 Å². The van der Waals surface area contributed by atoms with Crippen molar-refractivity contribution in [2.45, 2.75) is 55.4 Å². The van der Waals surface area contributed by atoms with Gasteiger partial charge in [0.25, 0.3) is 11.4 Å².